The van der Waals surface area contributed by atoms with Crippen molar-refractivity contribution in [3.63, 3.8) is 0 Å². The second kappa shape index (κ2) is 17.6. The van der Waals surface area contributed by atoms with E-state index in [4.69, 9.17) is 0 Å². The topological polar surface area (TPSA) is 0 Å². The molecular formula is C8H24Ge3. The molecule has 0 aromatic heterocycles. The van der Waals surface area contributed by atoms with Crippen molar-refractivity contribution in [2.75, 3.05) is 0 Å². The molecule has 0 amide bonds. The molecule has 0 aliphatic rings. The summed E-state index contributed by atoms with van der Waals surface area (Å²) >= 11 is -0.167. The van der Waals surface area contributed by atoms with Gasteiger partial charge in [0.25, 0.3) is 0 Å². The van der Waals surface area contributed by atoms with Crippen LogP contribution in [0, 0.1) is 0 Å². The third kappa shape index (κ3) is 406. The Bertz CT molecular complexity index is 33.1. The first-order valence-electron chi connectivity index (χ1n) is 4.00. The fourth-order valence-corrected chi connectivity index (χ4v) is 0. The van der Waals surface area contributed by atoms with E-state index in [0.717, 1.165) is 0 Å². The maximum absolute atomic E-state index is 2.33. The van der Waals surface area contributed by atoms with Gasteiger partial charge in [0, 0.05) is 0 Å². The molecule has 0 N–H and O–H groups in total. The van der Waals surface area contributed by atoms with Crippen molar-refractivity contribution < 1.29 is 0 Å². The first-order valence-corrected chi connectivity index (χ1v) is 20.8. The van der Waals surface area contributed by atoms with Crippen LogP contribution in [0.1, 0.15) is 0 Å². The number of hydrogen-bond acceptors (Lipinski definition) is 0. The minimum atomic E-state index is -0.333. The van der Waals surface area contributed by atoms with Crippen molar-refractivity contribution in [2.45, 2.75) is 46.0 Å². The van der Waals surface area contributed by atoms with Crippen LogP contribution in [0.15, 0.2) is 0 Å². The van der Waals surface area contributed by atoms with Gasteiger partial charge in [-0.15, -0.1) is 0 Å². The van der Waals surface area contributed by atoms with Crippen LogP contribution >= 0.6 is 0 Å². The van der Waals surface area contributed by atoms with Crippen LogP contribution in [0.25, 0.3) is 0 Å². The molecule has 0 bridgehead atoms. The molecule has 0 aliphatic carbocycles. The van der Waals surface area contributed by atoms with Gasteiger partial charge in [-0.25, -0.2) is 0 Å². The van der Waals surface area contributed by atoms with Crippen molar-refractivity contribution in [2.24, 2.45) is 0 Å². The predicted octanol–water partition coefficient (Wildman–Crippen LogP) is 3.53. The van der Waals surface area contributed by atoms with Gasteiger partial charge in [-0.1, -0.05) is 0 Å². The van der Waals surface area contributed by atoms with Crippen LogP contribution in [0.4, 0.5) is 0 Å². The Labute approximate surface area is 89.6 Å². The molecule has 3 heteroatoms. The van der Waals surface area contributed by atoms with E-state index in [1.54, 1.807) is 0 Å². The van der Waals surface area contributed by atoms with Gasteiger partial charge in [0.05, 0.1) is 0 Å². The molecule has 11 heavy (non-hydrogen) atoms. The van der Waals surface area contributed by atoms with E-state index >= 15 is 0 Å². The van der Waals surface area contributed by atoms with Crippen LogP contribution in [-0.4, -0.2) is 44.1 Å². The molecule has 0 aliphatic heterocycles. The van der Waals surface area contributed by atoms with Crippen LogP contribution in [0.3, 0.4) is 0 Å². The molecule has 0 atom stereocenters. The molecule has 0 aromatic carbocycles. The van der Waals surface area contributed by atoms with Crippen molar-refractivity contribution >= 4 is 44.1 Å². The van der Waals surface area contributed by atoms with E-state index in [1.165, 1.54) is 0 Å². The molecule has 0 aromatic rings. The van der Waals surface area contributed by atoms with Gasteiger partial charge < -0.3 is 0 Å². The quantitative estimate of drug-likeness (QED) is 0.593. The van der Waals surface area contributed by atoms with E-state index in [1.807, 2.05) is 0 Å². The Hall–Kier alpha value is 1.63. The zero-order chi connectivity index (χ0) is 9.86. The van der Waals surface area contributed by atoms with Crippen molar-refractivity contribution in [1.82, 2.24) is 0 Å². The summed E-state index contributed by atoms with van der Waals surface area (Å²) < 4.78 is 0. The summed E-state index contributed by atoms with van der Waals surface area (Å²) in [5.74, 6) is 18.5. The van der Waals surface area contributed by atoms with E-state index in [2.05, 4.69) is 46.0 Å². The van der Waals surface area contributed by atoms with Crippen molar-refractivity contribution in [3.8, 4) is 0 Å². The van der Waals surface area contributed by atoms with Crippen LogP contribution in [0.2, 0.25) is 46.0 Å². The summed E-state index contributed by atoms with van der Waals surface area (Å²) in [6.45, 7) is 0. The summed E-state index contributed by atoms with van der Waals surface area (Å²) in [4.78, 5) is 0. The van der Waals surface area contributed by atoms with Gasteiger partial charge in [-0.2, -0.15) is 0 Å². The molecule has 4 radical (unpaired) electrons. The number of rotatable bonds is 0. The summed E-state index contributed by atoms with van der Waals surface area (Å²) in [7, 11) is 0. The third-order valence-electron chi connectivity index (χ3n) is 0. The molecule has 0 nitrogen and oxygen atoms in total. The summed E-state index contributed by atoms with van der Waals surface area (Å²) in [6, 6.07) is 0. The second-order valence-electron chi connectivity index (χ2n) is 3.50. The normalized spacial score (nSPS) is 8.18. The Morgan fingerprint density at radius 1 is 0.636 bits per heavy atom. The molecule has 0 spiro atoms. The zero-order valence-electron chi connectivity index (χ0n) is 9.50. The van der Waals surface area contributed by atoms with Crippen molar-refractivity contribution in [3.05, 3.63) is 0 Å². The average Bonchev–Trinajstić information content (AvgIpc) is 1.60. The predicted molar refractivity (Wildman–Crippen MR) is 64.2 cm³/mol. The first-order chi connectivity index (χ1) is 4.88. The molecule has 0 heterocycles. The third-order valence-corrected chi connectivity index (χ3v) is 0. The van der Waals surface area contributed by atoms with Crippen molar-refractivity contribution in [1.29, 1.82) is 0 Å². The van der Waals surface area contributed by atoms with E-state index in [-0.39, 0.29) is 28.7 Å². The minimum absolute atomic E-state index is 0.333. The van der Waals surface area contributed by atoms with Gasteiger partial charge in [0.15, 0.2) is 0 Å². The summed E-state index contributed by atoms with van der Waals surface area (Å²) in [6.07, 6.45) is 0. The first kappa shape index (κ1) is 18.4. The fourth-order valence-electron chi connectivity index (χ4n) is 0. The van der Waals surface area contributed by atoms with E-state index in [0.29, 0.717) is 15.4 Å². The van der Waals surface area contributed by atoms with Gasteiger partial charge in [-0.05, 0) is 0 Å². The molecule has 0 saturated heterocycles. The maximum atomic E-state index is 2.33. The molecule has 0 rings (SSSR count). The second-order valence-corrected chi connectivity index (χ2v) is 18.2. The Kier molecular flexibility index (Phi) is 29.5. The fraction of sp³-hybridized carbons (Fsp3) is 1.00. The molecule has 0 fully saturated rings. The van der Waals surface area contributed by atoms with Crippen LogP contribution in [-0.2, 0) is 0 Å². The molecule has 0 saturated carbocycles. The molecular weight excluding hydrogens is 314 g/mol. The van der Waals surface area contributed by atoms with Gasteiger partial charge >= 0.3 is 90.2 Å². The Balaban J connectivity index is -0.0000000886. The monoisotopic (exact) mass is 342 g/mol. The molecule has 0 unspecified atom stereocenters. The Morgan fingerprint density at radius 2 is 0.636 bits per heavy atom. The Morgan fingerprint density at radius 3 is 0.636 bits per heavy atom. The van der Waals surface area contributed by atoms with Gasteiger partial charge in [0.2, 0.25) is 0 Å². The van der Waals surface area contributed by atoms with Gasteiger partial charge in [-0.3, -0.25) is 0 Å². The SMILES string of the molecule is [CH3][Ge]([CH3])[CH3].[CH3][Ge]([CH3])[CH3].[CH3][Ge][CH3]. The van der Waals surface area contributed by atoms with E-state index < -0.39 is 0 Å². The van der Waals surface area contributed by atoms with Crippen LogP contribution < -0.4 is 0 Å². The number of hydrogen-bond donors (Lipinski definition) is 0. The standard InChI is InChI=1S/2C3H9Ge.C2H6Ge/c2*1-4(2)3;1-3-2/h2*1-3H3;1-2H3. The van der Waals surface area contributed by atoms with Crippen LogP contribution in [0.5, 0.6) is 0 Å². The zero-order valence-corrected chi connectivity index (χ0v) is 15.8. The molecule has 68 valence electrons. The van der Waals surface area contributed by atoms with Gasteiger partial charge in [0.1, 0.15) is 0 Å². The van der Waals surface area contributed by atoms with E-state index in [9.17, 15) is 0 Å². The summed E-state index contributed by atoms with van der Waals surface area (Å²) in [5, 5.41) is 0. The average molecular weight is 338 g/mol. The summed E-state index contributed by atoms with van der Waals surface area (Å²) in [5.41, 5.74) is 0.